The van der Waals surface area contributed by atoms with Crippen molar-refractivity contribution in [3.8, 4) is 0 Å². The summed E-state index contributed by atoms with van der Waals surface area (Å²) in [6.45, 7) is 2.78. The first-order valence-electron chi connectivity index (χ1n) is 4.74. The number of carbonyl (C=O) groups excluding carboxylic acids is 1. The maximum Gasteiger partial charge on any atom is 0.236 e. The molecule has 0 fully saturated rings. The SMILES string of the molecule is CCCC(N)C(=O)NCCCSC. The van der Waals surface area contributed by atoms with E-state index >= 15 is 0 Å². The highest BCUT2D eigenvalue weighted by atomic mass is 32.2. The predicted octanol–water partition coefficient (Wildman–Crippen LogP) is 0.983. The van der Waals surface area contributed by atoms with Crippen LogP contribution in [-0.4, -0.2) is 30.5 Å². The van der Waals surface area contributed by atoms with Crippen molar-refractivity contribution in [3.05, 3.63) is 0 Å². The Hall–Kier alpha value is -0.220. The van der Waals surface area contributed by atoms with Crippen LogP contribution in [0.2, 0.25) is 0 Å². The van der Waals surface area contributed by atoms with E-state index in [4.69, 9.17) is 5.73 Å². The molecule has 1 amide bonds. The fourth-order valence-corrected chi connectivity index (χ4v) is 1.43. The fraction of sp³-hybridized carbons (Fsp3) is 0.889. The second kappa shape index (κ2) is 8.38. The lowest BCUT2D eigenvalue weighted by Crippen LogP contribution is -2.40. The zero-order chi connectivity index (χ0) is 10.1. The van der Waals surface area contributed by atoms with Crippen molar-refractivity contribution in [2.24, 2.45) is 5.73 Å². The molecule has 0 aliphatic carbocycles. The Morgan fingerprint density at radius 3 is 2.85 bits per heavy atom. The van der Waals surface area contributed by atoms with Crippen LogP contribution in [0.1, 0.15) is 26.2 Å². The molecule has 1 unspecified atom stereocenters. The van der Waals surface area contributed by atoms with Crippen LogP contribution in [0, 0.1) is 0 Å². The molecule has 4 heteroatoms. The molecule has 0 saturated carbocycles. The van der Waals surface area contributed by atoms with E-state index in [0.717, 1.165) is 31.6 Å². The van der Waals surface area contributed by atoms with Crippen molar-refractivity contribution < 1.29 is 4.79 Å². The largest absolute Gasteiger partial charge is 0.355 e. The van der Waals surface area contributed by atoms with Gasteiger partial charge in [0, 0.05) is 6.54 Å². The molecule has 0 aromatic carbocycles. The number of thioether (sulfide) groups is 1. The summed E-state index contributed by atoms with van der Waals surface area (Å²) in [4.78, 5) is 11.3. The molecule has 0 rings (SSSR count). The maximum atomic E-state index is 11.3. The van der Waals surface area contributed by atoms with Crippen LogP contribution in [0.4, 0.5) is 0 Å². The molecule has 13 heavy (non-hydrogen) atoms. The van der Waals surface area contributed by atoms with Crippen molar-refractivity contribution in [1.82, 2.24) is 5.32 Å². The molecule has 0 aliphatic rings. The molecule has 0 saturated heterocycles. The smallest absolute Gasteiger partial charge is 0.236 e. The van der Waals surface area contributed by atoms with Crippen molar-refractivity contribution in [3.63, 3.8) is 0 Å². The number of nitrogens with two attached hydrogens (primary N) is 1. The van der Waals surface area contributed by atoms with Crippen molar-refractivity contribution in [1.29, 1.82) is 0 Å². The lowest BCUT2D eigenvalue weighted by atomic mass is 10.2. The number of amides is 1. The highest BCUT2D eigenvalue weighted by Gasteiger charge is 2.10. The summed E-state index contributed by atoms with van der Waals surface area (Å²) in [6.07, 6.45) is 4.81. The van der Waals surface area contributed by atoms with Gasteiger partial charge in [-0.25, -0.2) is 0 Å². The van der Waals surface area contributed by atoms with Gasteiger partial charge in [-0.3, -0.25) is 4.79 Å². The average molecular weight is 204 g/mol. The molecule has 3 nitrogen and oxygen atoms in total. The minimum atomic E-state index is -0.320. The van der Waals surface area contributed by atoms with E-state index in [-0.39, 0.29) is 11.9 Å². The molecule has 78 valence electrons. The molecular weight excluding hydrogens is 184 g/mol. The number of hydrogen-bond acceptors (Lipinski definition) is 3. The number of rotatable bonds is 7. The summed E-state index contributed by atoms with van der Waals surface area (Å²) in [5.41, 5.74) is 5.63. The molecule has 0 aromatic heterocycles. The molecule has 0 heterocycles. The third kappa shape index (κ3) is 6.90. The Morgan fingerprint density at radius 1 is 1.62 bits per heavy atom. The Bertz CT molecular complexity index is 142. The zero-order valence-electron chi connectivity index (χ0n) is 8.51. The molecular formula is C9H20N2OS. The van der Waals surface area contributed by atoms with Crippen molar-refractivity contribution in [2.45, 2.75) is 32.2 Å². The molecule has 0 spiro atoms. The van der Waals surface area contributed by atoms with Crippen LogP contribution in [-0.2, 0) is 4.79 Å². The van der Waals surface area contributed by atoms with E-state index in [0.29, 0.717) is 0 Å². The van der Waals surface area contributed by atoms with Crippen molar-refractivity contribution in [2.75, 3.05) is 18.6 Å². The summed E-state index contributed by atoms with van der Waals surface area (Å²) in [7, 11) is 0. The van der Waals surface area contributed by atoms with Gasteiger partial charge < -0.3 is 11.1 Å². The molecule has 0 aromatic rings. The average Bonchev–Trinajstić information content (AvgIpc) is 2.12. The van der Waals surface area contributed by atoms with Crippen LogP contribution in [0.15, 0.2) is 0 Å². The molecule has 0 radical (unpaired) electrons. The van der Waals surface area contributed by atoms with E-state index < -0.39 is 0 Å². The van der Waals surface area contributed by atoms with E-state index in [2.05, 4.69) is 11.6 Å². The number of nitrogens with one attached hydrogen (secondary N) is 1. The quantitative estimate of drug-likeness (QED) is 0.608. The summed E-state index contributed by atoms with van der Waals surface area (Å²) < 4.78 is 0. The lowest BCUT2D eigenvalue weighted by Gasteiger charge is -2.10. The molecule has 1 atom stereocenters. The summed E-state index contributed by atoms with van der Waals surface area (Å²) in [5.74, 6) is 1.08. The van der Waals surface area contributed by atoms with E-state index in [1.54, 1.807) is 11.8 Å². The minimum Gasteiger partial charge on any atom is -0.355 e. The van der Waals surface area contributed by atoms with Gasteiger partial charge in [-0.15, -0.1) is 0 Å². The van der Waals surface area contributed by atoms with Gasteiger partial charge in [-0.05, 0) is 24.9 Å². The van der Waals surface area contributed by atoms with Crippen LogP contribution in [0.25, 0.3) is 0 Å². The van der Waals surface area contributed by atoms with Crippen LogP contribution < -0.4 is 11.1 Å². The van der Waals surface area contributed by atoms with Gasteiger partial charge in [0.05, 0.1) is 6.04 Å². The number of carbonyl (C=O) groups is 1. The van der Waals surface area contributed by atoms with Gasteiger partial charge in [0.15, 0.2) is 0 Å². The van der Waals surface area contributed by atoms with Gasteiger partial charge in [0.2, 0.25) is 5.91 Å². The fourth-order valence-electron chi connectivity index (χ4n) is 1.00. The Labute approximate surface area is 84.8 Å². The third-order valence-electron chi connectivity index (χ3n) is 1.76. The predicted molar refractivity (Wildman–Crippen MR) is 58.9 cm³/mol. The Kier molecular flexibility index (Phi) is 8.24. The standard InChI is InChI=1S/C9H20N2OS/c1-3-5-8(10)9(12)11-6-4-7-13-2/h8H,3-7,10H2,1-2H3,(H,11,12). The van der Waals surface area contributed by atoms with Gasteiger partial charge in [0.1, 0.15) is 0 Å². The summed E-state index contributed by atoms with van der Waals surface area (Å²) >= 11 is 1.79. The first-order chi connectivity index (χ1) is 6.22. The van der Waals surface area contributed by atoms with Crippen LogP contribution in [0.3, 0.4) is 0 Å². The third-order valence-corrected chi connectivity index (χ3v) is 2.46. The minimum absolute atomic E-state index is 0.0112. The topological polar surface area (TPSA) is 55.1 Å². The summed E-state index contributed by atoms with van der Waals surface area (Å²) in [5, 5.41) is 2.82. The lowest BCUT2D eigenvalue weighted by molar-refractivity contribution is -0.122. The maximum absolute atomic E-state index is 11.3. The van der Waals surface area contributed by atoms with Gasteiger partial charge >= 0.3 is 0 Å². The van der Waals surface area contributed by atoms with Gasteiger partial charge in [-0.2, -0.15) is 11.8 Å². The molecule has 3 N–H and O–H groups in total. The molecule has 0 bridgehead atoms. The monoisotopic (exact) mass is 204 g/mol. The van der Waals surface area contributed by atoms with Crippen molar-refractivity contribution >= 4 is 17.7 Å². The number of hydrogen-bond donors (Lipinski definition) is 2. The second-order valence-electron chi connectivity index (χ2n) is 3.03. The van der Waals surface area contributed by atoms with Crippen LogP contribution in [0.5, 0.6) is 0 Å². The molecule has 0 aliphatic heterocycles. The highest BCUT2D eigenvalue weighted by molar-refractivity contribution is 7.98. The normalized spacial score (nSPS) is 12.5. The Morgan fingerprint density at radius 2 is 2.31 bits per heavy atom. The zero-order valence-corrected chi connectivity index (χ0v) is 9.32. The highest BCUT2D eigenvalue weighted by Crippen LogP contribution is 1.95. The first-order valence-corrected chi connectivity index (χ1v) is 6.14. The van der Waals surface area contributed by atoms with E-state index in [9.17, 15) is 4.79 Å². The van der Waals surface area contributed by atoms with Gasteiger partial charge in [0.25, 0.3) is 0 Å². The van der Waals surface area contributed by atoms with Gasteiger partial charge in [-0.1, -0.05) is 13.3 Å². The van der Waals surface area contributed by atoms with E-state index in [1.165, 1.54) is 0 Å². The second-order valence-corrected chi connectivity index (χ2v) is 4.02. The first kappa shape index (κ1) is 12.8. The van der Waals surface area contributed by atoms with Crippen LogP contribution >= 0.6 is 11.8 Å². The summed E-state index contributed by atoms with van der Waals surface area (Å²) in [6, 6.07) is -0.320. The Balaban J connectivity index is 3.38. The van der Waals surface area contributed by atoms with E-state index in [1.807, 2.05) is 6.92 Å².